The standard InChI is InChI=1S/C32H34BrF6N3O3/c1-18-26(21-15-20(33)10-11-24(21)41-28(18)42-14-6-13-31(35,36)17-42)29(44)40-16-19(9-12-25(43)45-30(2,3)4)27-22(32(37,38)39)7-5-8-23(27)34/h5,7-8,10-11,15,19H,6,9,12-14,16-17H2,1-4H3,(H,40,44). The van der Waals surface area contributed by atoms with Gasteiger partial charge in [-0.2, -0.15) is 13.2 Å². The first kappa shape index (κ1) is 34.5. The van der Waals surface area contributed by atoms with E-state index >= 15 is 4.39 Å². The second-order valence-corrected chi connectivity index (χ2v) is 13.1. The molecule has 1 N–H and O–H groups in total. The molecule has 2 aromatic carbocycles. The molecule has 1 aliphatic heterocycles. The molecular weight excluding hydrogens is 668 g/mol. The first-order valence-corrected chi connectivity index (χ1v) is 15.2. The van der Waals surface area contributed by atoms with Crippen LogP contribution in [0.1, 0.15) is 79.4 Å². The van der Waals surface area contributed by atoms with E-state index in [9.17, 15) is 31.5 Å². The Morgan fingerprint density at radius 3 is 2.51 bits per heavy atom. The quantitative estimate of drug-likeness (QED) is 0.189. The maximum atomic E-state index is 15.1. The number of amides is 1. The molecule has 3 aromatic rings. The number of alkyl halides is 5. The van der Waals surface area contributed by atoms with Gasteiger partial charge in [0.05, 0.1) is 23.2 Å². The highest BCUT2D eigenvalue weighted by Gasteiger charge is 2.38. The number of anilines is 1. The second kappa shape index (κ2) is 13.2. The fraction of sp³-hybridized carbons (Fsp3) is 0.469. The summed E-state index contributed by atoms with van der Waals surface area (Å²) in [5, 5.41) is 3.03. The number of carbonyl (C=O) groups is 2. The van der Waals surface area contributed by atoms with Crippen LogP contribution in [0.5, 0.6) is 0 Å². The molecule has 0 bridgehead atoms. The molecule has 0 aliphatic carbocycles. The van der Waals surface area contributed by atoms with Crippen molar-refractivity contribution >= 4 is 44.5 Å². The van der Waals surface area contributed by atoms with Gasteiger partial charge in [-0.15, -0.1) is 0 Å². The molecule has 6 nitrogen and oxygen atoms in total. The van der Waals surface area contributed by atoms with E-state index in [-0.39, 0.29) is 37.1 Å². The molecule has 0 saturated carbocycles. The van der Waals surface area contributed by atoms with Gasteiger partial charge < -0.3 is 15.0 Å². The number of halogens is 7. The van der Waals surface area contributed by atoms with Crippen molar-refractivity contribution in [1.29, 1.82) is 0 Å². The minimum Gasteiger partial charge on any atom is -0.460 e. The Balaban J connectivity index is 1.72. The highest BCUT2D eigenvalue weighted by atomic mass is 79.9. The van der Waals surface area contributed by atoms with Gasteiger partial charge in [-0.3, -0.25) is 9.59 Å². The van der Waals surface area contributed by atoms with Gasteiger partial charge in [0.15, 0.2) is 0 Å². The van der Waals surface area contributed by atoms with Crippen LogP contribution in [0.4, 0.5) is 32.2 Å². The van der Waals surface area contributed by atoms with Crippen LogP contribution < -0.4 is 10.2 Å². The van der Waals surface area contributed by atoms with Gasteiger partial charge in [0.25, 0.3) is 11.8 Å². The summed E-state index contributed by atoms with van der Waals surface area (Å²) < 4.78 is 91.7. The van der Waals surface area contributed by atoms with Gasteiger partial charge in [0, 0.05) is 52.8 Å². The lowest BCUT2D eigenvalue weighted by Crippen LogP contribution is -2.43. The Morgan fingerprint density at radius 1 is 1.16 bits per heavy atom. The zero-order valence-electron chi connectivity index (χ0n) is 25.3. The van der Waals surface area contributed by atoms with Gasteiger partial charge in [0.1, 0.15) is 17.2 Å². The minimum absolute atomic E-state index is 0.0978. The van der Waals surface area contributed by atoms with Crippen LogP contribution in [0.25, 0.3) is 10.9 Å². The van der Waals surface area contributed by atoms with Crippen LogP contribution in [0, 0.1) is 12.7 Å². The zero-order chi connectivity index (χ0) is 33.3. The molecule has 1 amide bonds. The monoisotopic (exact) mass is 701 g/mol. The molecule has 1 unspecified atom stereocenters. The smallest absolute Gasteiger partial charge is 0.416 e. The predicted octanol–water partition coefficient (Wildman–Crippen LogP) is 8.33. The van der Waals surface area contributed by atoms with E-state index in [0.29, 0.717) is 27.5 Å². The number of rotatable bonds is 8. The predicted molar refractivity (Wildman–Crippen MR) is 162 cm³/mol. The van der Waals surface area contributed by atoms with E-state index in [1.807, 2.05) is 0 Å². The van der Waals surface area contributed by atoms with Crippen molar-refractivity contribution in [1.82, 2.24) is 10.3 Å². The highest BCUT2D eigenvalue weighted by Crippen LogP contribution is 2.39. The van der Waals surface area contributed by atoms with E-state index in [1.165, 1.54) is 4.90 Å². The van der Waals surface area contributed by atoms with Crippen molar-refractivity contribution in [3.8, 4) is 0 Å². The Kier molecular flexibility index (Phi) is 10.1. The van der Waals surface area contributed by atoms with Crippen LogP contribution >= 0.6 is 15.9 Å². The highest BCUT2D eigenvalue weighted by molar-refractivity contribution is 9.10. The van der Waals surface area contributed by atoms with Crippen LogP contribution in [0.3, 0.4) is 0 Å². The number of ether oxygens (including phenoxy) is 1. The van der Waals surface area contributed by atoms with E-state index in [0.717, 1.165) is 18.2 Å². The zero-order valence-corrected chi connectivity index (χ0v) is 26.8. The third-order valence-electron chi connectivity index (χ3n) is 7.48. The molecule has 2 heterocycles. The second-order valence-electron chi connectivity index (χ2n) is 12.2. The van der Waals surface area contributed by atoms with Gasteiger partial charge in [-0.05, 0) is 70.9 Å². The number of fused-ring (bicyclic) bond motifs is 1. The molecule has 1 aromatic heterocycles. The lowest BCUT2D eigenvalue weighted by Gasteiger charge is -2.34. The first-order valence-electron chi connectivity index (χ1n) is 14.4. The van der Waals surface area contributed by atoms with E-state index in [2.05, 4.69) is 26.2 Å². The number of aromatic nitrogens is 1. The Morgan fingerprint density at radius 2 is 1.87 bits per heavy atom. The maximum Gasteiger partial charge on any atom is 0.416 e. The number of hydrogen-bond acceptors (Lipinski definition) is 5. The lowest BCUT2D eigenvalue weighted by atomic mass is 9.89. The normalized spacial score (nSPS) is 16.0. The average Bonchev–Trinajstić information content (AvgIpc) is 2.91. The van der Waals surface area contributed by atoms with Crippen LogP contribution in [0.15, 0.2) is 40.9 Å². The SMILES string of the molecule is Cc1c(N2CCCC(F)(F)C2)nc2ccc(Br)cc2c1C(=O)NCC(CCC(=O)OC(C)(C)C)c1c(F)cccc1C(F)(F)F. The fourth-order valence-corrected chi connectivity index (χ4v) is 5.96. The van der Waals surface area contributed by atoms with Crippen LogP contribution in [-0.2, 0) is 15.7 Å². The van der Waals surface area contributed by atoms with E-state index in [4.69, 9.17) is 4.74 Å². The minimum atomic E-state index is -4.90. The van der Waals surface area contributed by atoms with E-state index in [1.54, 1.807) is 45.9 Å². The summed E-state index contributed by atoms with van der Waals surface area (Å²) in [5.74, 6) is -6.54. The number of esters is 1. The van der Waals surface area contributed by atoms with Crippen molar-refractivity contribution in [2.75, 3.05) is 24.5 Å². The summed E-state index contributed by atoms with van der Waals surface area (Å²) in [4.78, 5) is 32.3. The van der Waals surface area contributed by atoms with E-state index < -0.39 is 65.5 Å². The number of piperidine rings is 1. The molecule has 1 atom stereocenters. The molecular formula is C32H34BrF6N3O3. The molecule has 1 aliphatic rings. The maximum absolute atomic E-state index is 15.1. The summed E-state index contributed by atoms with van der Waals surface area (Å²) in [6.45, 7) is 5.75. The summed E-state index contributed by atoms with van der Waals surface area (Å²) >= 11 is 3.37. The fourth-order valence-electron chi connectivity index (χ4n) is 5.60. The third-order valence-corrected chi connectivity index (χ3v) is 7.97. The van der Waals surface area contributed by atoms with Crippen LogP contribution in [0.2, 0.25) is 0 Å². The van der Waals surface area contributed by atoms with Crippen molar-refractivity contribution < 1.29 is 40.7 Å². The number of carbonyl (C=O) groups excluding carboxylic acids is 2. The van der Waals surface area contributed by atoms with Crippen molar-refractivity contribution in [2.24, 2.45) is 0 Å². The topological polar surface area (TPSA) is 71.5 Å². The molecule has 1 fully saturated rings. The van der Waals surface area contributed by atoms with Crippen molar-refractivity contribution in [3.63, 3.8) is 0 Å². The largest absolute Gasteiger partial charge is 0.460 e. The number of nitrogens with one attached hydrogen (secondary N) is 1. The summed E-state index contributed by atoms with van der Waals surface area (Å²) in [5.41, 5.74) is -1.98. The third kappa shape index (κ3) is 8.47. The van der Waals surface area contributed by atoms with Gasteiger partial charge >= 0.3 is 12.1 Å². The lowest BCUT2D eigenvalue weighted by molar-refractivity contribution is -0.155. The molecule has 4 rings (SSSR count). The Hall–Kier alpha value is -3.35. The average molecular weight is 703 g/mol. The summed E-state index contributed by atoms with van der Waals surface area (Å²) in [6.07, 6.45) is -5.54. The number of benzene rings is 2. The molecule has 13 heteroatoms. The summed E-state index contributed by atoms with van der Waals surface area (Å²) in [6, 6.07) is 7.54. The Labute approximate surface area is 265 Å². The van der Waals surface area contributed by atoms with Gasteiger partial charge in [-0.1, -0.05) is 22.0 Å². The molecule has 244 valence electrons. The van der Waals surface area contributed by atoms with Crippen molar-refractivity contribution in [3.05, 3.63) is 68.9 Å². The molecule has 1 saturated heterocycles. The first-order chi connectivity index (χ1) is 20.9. The number of pyridine rings is 1. The van der Waals surface area contributed by atoms with Gasteiger partial charge in [0.2, 0.25) is 0 Å². The summed E-state index contributed by atoms with van der Waals surface area (Å²) in [7, 11) is 0. The van der Waals surface area contributed by atoms with Crippen LogP contribution in [-0.4, -0.2) is 48.0 Å². The molecule has 0 radical (unpaired) electrons. The number of hydrogen-bond donors (Lipinski definition) is 1. The number of nitrogens with zero attached hydrogens (tertiary/aromatic N) is 2. The Bertz CT molecular complexity index is 1590. The van der Waals surface area contributed by atoms with Crippen molar-refractivity contribution in [2.45, 2.75) is 77.0 Å². The van der Waals surface area contributed by atoms with Gasteiger partial charge in [-0.25, -0.2) is 18.2 Å². The molecule has 45 heavy (non-hydrogen) atoms. The molecule has 0 spiro atoms.